The van der Waals surface area contributed by atoms with E-state index in [-0.39, 0.29) is 5.41 Å². The van der Waals surface area contributed by atoms with Gasteiger partial charge in [-0.2, -0.15) is 0 Å². The Bertz CT molecular complexity index is 1890. The second-order valence-corrected chi connectivity index (χ2v) is 10.8. The first-order chi connectivity index (χ1) is 18.9. The minimum atomic E-state index is -0.296. The summed E-state index contributed by atoms with van der Waals surface area (Å²) in [5.41, 5.74) is 19.0. The molecule has 0 radical (unpaired) electrons. The van der Waals surface area contributed by atoms with Gasteiger partial charge in [-0.25, -0.2) is 0 Å². The summed E-state index contributed by atoms with van der Waals surface area (Å²) in [5, 5.41) is 0. The highest BCUT2D eigenvalue weighted by atomic mass is 14.5. The molecule has 0 fully saturated rings. The van der Waals surface area contributed by atoms with E-state index in [1.165, 1.54) is 77.9 Å². The fraction of sp³-hybridized carbons (Fsp3) is 0.0526. The zero-order valence-corrected chi connectivity index (χ0v) is 20.9. The molecule has 176 valence electrons. The van der Waals surface area contributed by atoms with Gasteiger partial charge >= 0.3 is 0 Å². The fourth-order valence-corrected chi connectivity index (χ4v) is 7.69. The highest BCUT2D eigenvalue weighted by molar-refractivity contribution is 5.96. The molecule has 0 saturated carbocycles. The molecule has 0 amide bonds. The number of fused-ring (bicyclic) bond motifs is 13. The molecule has 3 aliphatic rings. The van der Waals surface area contributed by atoms with Crippen molar-refractivity contribution in [3.8, 4) is 44.5 Å². The van der Waals surface area contributed by atoms with Crippen LogP contribution < -0.4 is 0 Å². The van der Waals surface area contributed by atoms with Crippen molar-refractivity contribution in [3.05, 3.63) is 167 Å². The van der Waals surface area contributed by atoms with Crippen molar-refractivity contribution in [2.24, 2.45) is 0 Å². The van der Waals surface area contributed by atoms with E-state index in [4.69, 9.17) is 0 Å². The van der Waals surface area contributed by atoms with Crippen molar-refractivity contribution in [2.45, 2.75) is 11.8 Å². The van der Waals surface area contributed by atoms with E-state index >= 15 is 0 Å². The summed E-state index contributed by atoms with van der Waals surface area (Å²) < 4.78 is 0. The summed E-state index contributed by atoms with van der Waals surface area (Å²) in [6, 6.07) is 50.1. The summed E-state index contributed by atoms with van der Waals surface area (Å²) in [5.74, 6) is 0. The lowest BCUT2D eigenvalue weighted by atomic mass is 9.70. The summed E-state index contributed by atoms with van der Waals surface area (Å²) in [7, 11) is 0. The monoisotopic (exact) mass is 480 g/mol. The quantitative estimate of drug-likeness (QED) is 0.220. The Morgan fingerprint density at radius 1 is 0.368 bits per heavy atom. The average Bonchev–Trinajstić information content (AvgIpc) is 3.61. The predicted molar refractivity (Wildman–Crippen MR) is 156 cm³/mol. The Morgan fingerprint density at radius 2 is 0.868 bits per heavy atom. The van der Waals surface area contributed by atoms with Crippen LogP contribution >= 0.6 is 0 Å². The van der Waals surface area contributed by atoms with Gasteiger partial charge < -0.3 is 0 Å². The zero-order chi connectivity index (χ0) is 24.8. The Hall–Kier alpha value is -4.68. The molecule has 0 unspecified atom stereocenters. The molecule has 6 aromatic carbocycles. The van der Waals surface area contributed by atoms with Crippen molar-refractivity contribution in [1.82, 2.24) is 0 Å². The van der Waals surface area contributed by atoms with Gasteiger partial charge in [-0.1, -0.05) is 127 Å². The summed E-state index contributed by atoms with van der Waals surface area (Å²) in [6.45, 7) is 0. The Balaban J connectivity index is 1.35. The number of rotatable bonds is 1. The van der Waals surface area contributed by atoms with Gasteiger partial charge in [-0.15, -0.1) is 0 Å². The van der Waals surface area contributed by atoms with Gasteiger partial charge in [0.15, 0.2) is 0 Å². The van der Waals surface area contributed by atoms with Crippen LogP contribution in [-0.4, -0.2) is 0 Å². The summed E-state index contributed by atoms with van der Waals surface area (Å²) >= 11 is 0. The maximum Gasteiger partial charge on any atom is 0.0725 e. The molecule has 0 saturated heterocycles. The van der Waals surface area contributed by atoms with E-state index < -0.39 is 0 Å². The van der Waals surface area contributed by atoms with Crippen LogP contribution in [0, 0.1) is 0 Å². The fourth-order valence-electron chi connectivity index (χ4n) is 7.69. The molecule has 0 nitrogen and oxygen atoms in total. The third-order valence-electron chi connectivity index (χ3n) is 9.16. The average molecular weight is 481 g/mol. The first kappa shape index (κ1) is 20.4. The standard InChI is InChI=1S/C38H24/c1-2-11-26-24(10-1)22-33-27(15-9-16-28(26)33)25-20-21-32-31-14-5-8-19-36(31)38(37(32)23-25)34-17-6-3-12-29(34)30-13-4-7-18-35(30)38/h1-21,23H,22H2. The Labute approximate surface area is 222 Å². The maximum atomic E-state index is 2.51. The largest absolute Gasteiger partial charge is 0.0725 e. The minimum absolute atomic E-state index is 0.296. The lowest BCUT2D eigenvalue weighted by Gasteiger charge is -2.30. The number of benzene rings is 6. The van der Waals surface area contributed by atoms with Crippen LogP contribution in [0.5, 0.6) is 0 Å². The third kappa shape index (κ3) is 2.37. The summed E-state index contributed by atoms with van der Waals surface area (Å²) in [4.78, 5) is 0. The number of hydrogen-bond donors (Lipinski definition) is 0. The van der Waals surface area contributed by atoms with Gasteiger partial charge in [-0.05, 0) is 90.4 Å². The van der Waals surface area contributed by atoms with Gasteiger partial charge in [0, 0.05) is 0 Å². The molecular weight excluding hydrogens is 456 g/mol. The normalized spacial score (nSPS) is 14.4. The molecule has 3 aliphatic carbocycles. The molecule has 0 N–H and O–H groups in total. The minimum Gasteiger partial charge on any atom is -0.0619 e. The molecule has 0 aliphatic heterocycles. The molecule has 1 spiro atoms. The first-order valence-electron chi connectivity index (χ1n) is 13.5. The van der Waals surface area contributed by atoms with E-state index in [1.807, 2.05) is 0 Å². The molecule has 0 bridgehead atoms. The molecule has 0 heterocycles. The SMILES string of the molecule is c1ccc2c(c1)Cc1c(-c3ccc4c(c3)C3(c5ccccc5-c5ccccc53)c3ccccc3-4)cccc1-2. The first-order valence-corrected chi connectivity index (χ1v) is 13.5. The van der Waals surface area contributed by atoms with Gasteiger partial charge in [-0.3, -0.25) is 0 Å². The van der Waals surface area contributed by atoms with Gasteiger partial charge in [0.1, 0.15) is 0 Å². The Kier molecular flexibility index (Phi) is 3.87. The molecule has 9 rings (SSSR count). The van der Waals surface area contributed by atoms with Crippen molar-refractivity contribution in [1.29, 1.82) is 0 Å². The lowest BCUT2D eigenvalue weighted by molar-refractivity contribution is 0.794. The topological polar surface area (TPSA) is 0 Å². The van der Waals surface area contributed by atoms with Crippen molar-refractivity contribution in [2.75, 3.05) is 0 Å². The van der Waals surface area contributed by atoms with Crippen molar-refractivity contribution in [3.63, 3.8) is 0 Å². The van der Waals surface area contributed by atoms with E-state index in [2.05, 4.69) is 133 Å². The zero-order valence-electron chi connectivity index (χ0n) is 20.9. The van der Waals surface area contributed by atoms with Crippen LogP contribution in [0.4, 0.5) is 0 Å². The van der Waals surface area contributed by atoms with E-state index in [9.17, 15) is 0 Å². The summed E-state index contributed by atoms with van der Waals surface area (Å²) in [6.07, 6.45) is 0.996. The highest BCUT2D eigenvalue weighted by Crippen LogP contribution is 2.63. The van der Waals surface area contributed by atoms with Crippen molar-refractivity contribution >= 4 is 0 Å². The van der Waals surface area contributed by atoms with Gasteiger partial charge in [0.05, 0.1) is 5.41 Å². The van der Waals surface area contributed by atoms with Crippen LogP contribution in [0.2, 0.25) is 0 Å². The highest BCUT2D eigenvalue weighted by Gasteiger charge is 2.51. The smallest absolute Gasteiger partial charge is 0.0619 e. The molecule has 0 heteroatoms. The van der Waals surface area contributed by atoms with E-state index in [0.29, 0.717) is 0 Å². The second kappa shape index (κ2) is 7.21. The van der Waals surface area contributed by atoms with Crippen LogP contribution in [0.1, 0.15) is 33.4 Å². The maximum absolute atomic E-state index is 2.51. The number of hydrogen-bond acceptors (Lipinski definition) is 0. The van der Waals surface area contributed by atoms with Crippen LogP contribution in [-0.2, 0) is 11.8 Å². The predicted octanol–water partition coefficient (Wildman–Crippen LogP) is 9.27. The van der Waals surface area contributed by atoms with Gasteiger partial charge in [0.25, 0.3) is 0 Å². The molecular formula is C38H24. The second-order valence-electron chi connectivity index (χ2n) is 10.8. The molecule has 0 aromatic heterocycles. The van der Waals surface area contributed by atoms with E-state index in [1.54, 1.807) is 0 Å². The van der Waals surface area contributed by atoms with Crippen LogP contribution in [0.15, 0.2) is 133 Å². The Morgan fingerprint density at radius 3 is 1.53 bits per heavy atom. The third-order valence-corrected chi connectivity index (χ3v) is 9.16. The van der Waals surface area contributed by atoms with Gasteiger partial charge in [0.2, 0.25) is 0 Å². The molecule has 38 heavy (non-hydrogen) atoms. The van der Waals surface area contributed by atoms with E-state index in [0.717, 1.165) is 6.42 Å². The lowest BCUT2D eigenvalue weighted by Crippen LogP contribution is -2.25. The molecule has 6 aromatic rings. The van der Waals surface area contributed by atoms with Crippen LogP contribution in [0.25, 0.3) is 44.5 Å². The molecule has 0 atom stereocenters. The van der Waals surface area contributed by atoms with Crippen LogP contribution in [0.3, 0.4) is 0 Å². The van der Waals surface area contributed by atoms with Crippen molar-refractivity contribution < 1.29 is 0 Å².